The molecule has 1 aromatic heterocycles. The van der Waals surface area contributed by atoms with Crippen LogP contribution in [0.25, 0.3) is 0 Å². The summed E-state index contributed by atoms with van der Waals surface area (Å²) in [6.07, 6.45) is 0. The smallest absolute Gasteiger partial charge is 0.133 e. The van der Waals surface area contributed by atoms with Crippen LogP contribution in [0.1, 0.15) is 45.1 Å². The van der Waals surface area contributed by atoms with E-state index in [0.717, 1.165) is 23.9 Å². The Labute approximate surface area is 115 Å². The number of hydrogen-bond acceptors (Lipinski definition) is 4. The van der Waals surface area contributed by atoms with E-state index < -0.39 is 0 Å². The molecule has 1 rings (SSSR count). The summed E-state index contributed by atoms with van der Waals surface area (Å²) in [5.74, 6) is 2.34. The molecule has 106 valence electrons. The molecular weight excluding hydrogens is 238 g/mol. The van der Waals surface area contributed by atoms with Crippen LogP contribution in [0, 0.1) is 18.3 Å². The number of rotatable bonds is 6. The van der Waals surface area contributed by atoms with Crippen LogP contribution in [0.5, 0.6) is 0 Å². The maximum absolute atomic E-state index is 7.50. The quantitative estimate of drug-likeness (QED) is 0.609. The van der Waals surface area contributed by atoms with E-state index in [2.05, 4.69) is 35.6 Å². The van der Waals surface area contributed by atoms with E-state index in [1.54, 1.807) is 0 Å². The Bertz CT molecular complexity index is 441. The summed E-state index contributed by atoms with van der Waals surface area (Å²) >= 11 is 0. The van der Waals surface area contributed by atoms with Crippen LogP contribution in [0.4, 0.5) is 5.82 Å². The van der Waals surface area contributed by atoms with Crippen molar-refractivity contribution >= 4 is 11.7 Å². The fourth-order valence-corrected chi connectivity index (χ4v) is 1.81. The Balaban J connectivity index is 3.01. The lowest BCUT2D eigenvalue weighted by Gasteiger charge is -2.26. The van der Waals surface area contributed by atoms with Crippen LogP contribution in [0.15, 0.2) is 6.07 Å². The molecule has 1 aromatic rings. The van der Waals surface area contributed by atoms with E-state index in [1.807, 2.05) is 19.9 Å². The minimum atomic E-state index is 0.0257. The third kappa shape index (κ3) is 4.19. The lowest BCUT2D eigenvalue weighted by molar-refractivity contribution is 0.679. The van der Waals surface area contributed by atoms with Crippen molar-refractivity contribution in [2.45, 2.75) is 40.5 Å². The number of aromatic nitrogens is 2. The van der Waals surface area contributed by atoms with Crippen molar-refractivity contribution in [1.29, 1.82) is 5.41 Å². The van der Waals surface area contributed by atoms with Gasteiger partial charge in [0.25, 0.3) is 0 Å². The lowest BCUT2D eigenvalue weighted by atomic mass is 10.1. The van der Waals surface area contributed by atoms with Gasteiger partial charge in [0.1, 0.15) is 11.6 Å². The Kier molecular flexibility index (Phi) is 5.27. The molecule has 1 unspecified atom stereocenters. The van der Waals surface area contributed by atoms with Gasteiger partial charge in [-0.3, -0.25) is 5.41 Å². The monoisotopic (exact) mass is 263 g/mol. The van der Waals surface area contributed by atoms with E-state index >= 15 is 0 Å². The molecule has 0 fully saturated rings. The second kappa shape index (κ2) is 6.50. The van der Waals surface area contributed by atoms with Crippen molar-refractivity contribution in [3.8, 4) is 0 Å². The number of hydrogen-bond donors (Lipinski definition) is 2. The summed E-state index contributed by atoms with van der Waals surface area (Å²) in [6, 6.07) is 1.99. The zero-order valence-electron chi connectivity index (χ0n) is 12.6. The first-order valence-corrected chi connectivity index (χ1v) is 6.79. The first kappa shape index (κ1) is 15.4. The summed E-state index contributed by atoms with van der Waals surface area (Å²) < 4.78 is 0. The highest BCUT2D eigenvalue weighted by molar-refractivity contribution is 5.79. The highest BCUT2D eigenvalue weighted by atomic mass is 15.2. The molecule has 1 heterocycles. The second-order valence-corrected chi connectivity index (χ2v) is 5.28. The minimum Gasteiger partial charge on any atom is -0.387 e. The van der Waals surface area contributed by atoms with Crippen molar-refractivity contribution in [1.82, 2.24) is 9.97 Å². The summed E-state index contributed by atoms with van der Waals surface area (Å²) in [5, 5.41) is 7.50. The molecule has 0 amide bonds. The largest absolute Gasteiger partial charge is 0.387 e. The molecule has 0 aliphatic carbocycles. The number of aryl methyl sites for hydroxylation is 1. The van der Waals surface area contributed by atoms with Crippen molar-refractivity contribution in [2.24, 2.45) is 11.7 Å². The van der Waals surface area contributed by atoms with Crippen molar-refractivity contribution in [2.75, 3.05) is 18.0 Å². The number of amidine groups is 1. The SMILES string of the molecule is CCN(CC(C)C(=N)N)c1cc(C)nc(C(C)C)n1. The van der Waals surface area contributed by atoms with Crippen LogP contribution >= 0.6 is 0 Å². The Morgan fingerprint density at radius 1 is 1.37 bits per heavy atom. The fraction of sp³-hybridized carbons (Fsp3) is 0.643. The average molecular weight is 263 g/mol. The molecule has 0 saturated carbocycles. The fourth-order valence-electron chi connectivity index (χ4n) is 1.81. The van der Waals surface area contributed by atoms with Gasteiger partial charge in [-0.25, -0.2) is 9.97 Å². The molecule has 1 atom stereocenters. The second-order valence-electron chi connectivity index (χ2n) is 5.28. The molecule has 0 aromatic carbocycles. The topological polar surface area (TPSA) is 78.9 Å². The number of nitrogens with zero attached hydrogens (tertiary/aromatic N) is 3. The van der Waals surface area contributed by atoms with Gasteiger partial charge in [0, 0.05) is 36.7 Å². The lowest BCUT2D eigenvalue weighted by Crippen LogP contribution is -2.35. The molecule has 0 aliphatic rings. The van der Waals surface area contributed by atoms with Crippen molar-refractivity contribution < 1.29 is 0 Å². The van der Waals surface area contributed by atoms with Crippen LogP contribution < -0.4 is 10.6 Å². The highest BCUT2D eigenvalue weighted by Crippen LogP contribution is 2.18. The predicted molar refractivity (Wildman–Crippen MR) is 79.8 cm³/mol. The van der Waals surface area contributed by atoms with Gasteiger partial charge in [-0.1, -0.05) is 20.8 Å². The van der Waals surface area contributed by atoms with Crippen LogP contribution in [0.3, 0.4) is 0 Å². The molecule has 5 heteroatoms. The molecule has 0 aliphatic heterocycles. The summed E-state index contributed by atoms with van der Waals surface area (Å²) in [5.41, 5.74) is 6.52. The van der Waals surface area contributed by atoms with E-state index in [-0.39, 0.29) is 11.8 Å². The number of nitrogens with one attached hydrogen (secondary N) is 1. The zero-order valence-corrected chi connectivity index (χ0v) is 12.6. The molecule has 0 radical (unpaired) electrons. The van der Waals surface area contributed by atoms with Crippen LogP contribution in [0.2, 0.25) is 0 Å². The van der Waals surface area contributed by atoms with Gasteiger partial charge in [0.2, 0.25) is 0 Å². The third-order valence-corrected chi connectivity index (χ3v) is 3.11. The molecule has 0 saturated heterocycles. The third-order valence-electron chi connectivity index (χ3n) is 3.11. The number of anilines is 1. The average Bonchev–Trinajstić information content (AvgIpc) is 2.34. The van der Waals surface area contributed by atoms with E-state index in [1.165, 1.54) is 0 Å². The van der Waals surface area contributed by atoms with Crippen LogP contribution in [-0.4, -0.2) is 28.9 Å². The van der Waals surface area contributed by atoms with Gasteiger partial charge in [0.15, 0.2) is 0 Å². The maximum Gasteiger partial charge on any atom is 0.133 e. The van der Waals surface area contributed by atoms with Gasteiger partial charge in [-0.15, -0.1) is 0 Å². The van der Waals surface area contributed by atoms with Crippen molar-refractivity contribution in [3.05, 3.63) is 17.6 Å². The minimum absolute atomic E-state index is 0.0257. The van der Waals surface area contributed by atoms with Gasteiger partial charge in [-0.05, 0) is 13.8 Å². The summed E-state index contributed by atoms with van der Waals surface area (Å²) in [4.78, 5) is 11.2. The van der Waals surface area contributed by atoms with E-state index in [4.69, 9.17) is 11.1 Å². The Morgan fingerprint density at radius 2 is 2.00 bits per heavy atom. The van der Waals surface area contributed by atoms with Gasteiger partial charge >= 0.3 is 0 Å². The van der Waals surface area contributed by atoms with Gasteiger partial charge in [0.05, 0.1) is 5.84 Å². The van der Waals surface area contributed by atoms with Gasteiger partial charge < -0.3 is 10.6 Å². The molecule has 5 nitrogen and oxygen atoms in total. The summed E-state index contributed by atoms with van der Waals surface area (Å²) in [6.45, 7) is 11.8. The highest BCUT2D eigenvalue weighted by Gasteiger charge is 2.15. The standard InChI is InChI=1S/C14H25N5/c1-6-19(8-10(4)13(15)16)12-7-11(5)17-14(18-12)9(2)3/h7,9-10H,6,8H2,1-5H3,(H3,15,16). The Morgan fingerprint density at radius 3 is 2.47 bits per heavy atom. The number of nitrogens with two attached hydrogens (primary N) is 1. The van der Waals surface area contributed by atoms with E-state index in [0.29, 0.717) is 12.5 Å². The van der Waals surface area contributed by atoms with Crippen molar-refractivity contribution in [3.63, 3.8) is 0 Å². The predicted octanol–water partition coefficient (Wildman–Crippen LogP) is 2.31. The van der Waals surface area contributed by atoms with Gasteiger partial charge in [-0.2, -0.15) is 0 Å². The first-order valence-electron chi connectivity index (χ1n) is 6.79. The molecule has 0 bridgehead atoms. The molecule has 0 spiro atoms. The van der Waals surface area contributed by atoms with E-state index in [9.17, 15) is 0 Å². The van der Waals surface area contributed by atoms with Crippen LogP contribution in [-0.2, 0) is 0 Å². The first-order chi connectivity index (χ1) is 8.85. The zero-order chi connectivity index (χ0) is 14.6. The maximum atomic E-state index is 7.50. The molecule has 3 N–H and O–H groups in total. The normalized spacial score (nSPS) is 12.5. The summed E-state index contributed by atoms with van der Waals surface area (Å²) in [7, 11) is 0. The Hall–Kier alpha value is -1.65. The molecular formula is C14H25N5. The molecule has 19 heavy (non-hydrogen) atoms.